The summed E-state index contributed by atoms with van der Waals surface area (Å²) in [4.78, 5) is 3.10. The molecular formula is C17H17Cl2NOS. The largest absolute Gasteiger partial charge is 0.301 e. The van der Waals surface area contributed by atoms with Crippen LogP contribution in [0.5, 0.6) is 0 Å². The smallest absolute Gasteiger partial charge is 0.0498 e. The molecule has 0 amide bonds. The summed E-state index contributed by atoms with van der Waals surface area (Å²) >= 11 is 12.6. The van der Waals surface area contributed by atoms with E-state index in [-0.39, 0.29) is 5.92 Å². The van der Waals surface area contributed by atoms with Crippen LogP contribution in [0.15, 0.2) is 41.3 Å². The van der Waals surface area contributed by atoms with Gasteiger partial charge in [-0.25, -0.2) is 0 Å². The molecule has 5 heteroatoms. The topological polar surface area (TPSA) is 20.3 Å². The Morgan fingerprint density at radius 1 is 1.23 bits per heavy atom. The van der Waals surface area contributed by atoms with Crippen LogP contribution < -0.4 is 0 Å². The van der Waals surface area contributed by atoms with E-state index in [1.54, 1.807) is 12.3 Å². The highest BCUT2D eigenvalue weighted by molar-refractivity contribution is 7.84. The van der Waals surface area contributed by atoms with E-state index in [2.05, 4.69) is 18.0 Å². The van der Waals surface area contributed by atoms with Crippen LogP contribution in [0.3, 0.4) is 0 Å². The van der Waals surface area contributed by atoms with Crippen LogP contribution in [-0.4, -0.2) is 29.0 Å². The fraction of sp³-hybridized carbons (Fsp3) is 0.294. The van der Waals surface area contributed by atoms with Crippen LogP contribution in [0.2, 0.25) is 10.0 Å². The zero-order valence-corrected chi connectivity index (χ0v) is 14.8. The Balaban J connectivity index is 2.13. The van der Waals surface area contributed by atoms with E-state index in [9.17, 15) is 4.21 Å². The molecule has 2 atom stereocenters. The van der Waals surface area contributed by atoms with Gasteiger partial charge in [0.25, 0.3) is 0 Å². The summed E-state index contributed by atoms with van der Waals surface area (Å²) in [5, 5.41) is 1.38. The van der Waals surface area contributed by atoms with Gasteiger partial charge >= 0.3 is 0 Å². The summed E-state index contributed by atoms with van der Waals surface area (Å²) in [6.07, 6.45) is 1.70. The van der Waals surface area contributed by atoms with Gasteiger partial charge in [-0.15, -0.1) is 0 Å². The number of hydrogen-bond acceptors (Lipinski definition) is 2. The van der Waals surface area contributed by atoms with Crippen molar-refractivity contribution in [3.05, 3.63) is 63.1 Å². The van der Waals surface area contributed by atoms with Gasteiger partial charge in [0.1, 0.15) is 0 Å². The van der Waals surface area contributed by atoms with E-state index < -0.39 is 10.8 Å². The molecule has 0 bridgehead atoms. The maximum atomic E-state index is 11.8. The third-order valence-corrected chi connectivity index (χ3v) is 5.56. The van der Waals surface area contributed by atoms with Gasteiger partial charge in [0.15, 0.2) is 0 Å². The van der Waals surface area contributed by atoms with Gasteiger partial charge in [-0.2, -0.15) is 0 Å². The van der Waals surface area contributed by atoms with E-state index in [1.165, 1.54) is 5.56 Å². The highest BCUT2D eigenvalue weighted by Gasteiger charge is 2.27. The summed E-state index contributed by atoms with van der Waals surface area (Å²) < 4.78 is 11.8. The average Bonchev–Trinajstić information content (AvgIpc) is 2.47. The summed E-state index contributed by atoms with van der Waals surface area (Å²) in [5.41, 5.74) is 3.46. The van der Waals surface area contributed by atoms with Crippen LogP contribution >= 0.6 is 23.2 Å². The lowest BCUT2D eigenvalue weighted by atomic mass is 9.85. The first-order valence-corrected chi connectivity index (χ1v) is 9.37. The molecule has 2 aromatic carbocycles. The number of hydrogen-bond donors (Lipinski definition) is 0. The van der Waals surface area contributed by atoms with Gasteiger partial charge in [0.2, 0.25) is 0 Å². The van der Waals surface area contributed by atoms with Crippen LogP contribution in [0.4, 0.5) is 0 Å². The summed E-state index contributed by atoms with van der Waals surface area (Å²) in [6, 6.07) is 11.8. The van der Waals surface area contributed by atoms with Crippen LogP contribution in [0.1, 0.15) is 22.6 Å². The van der Waals surface area contributed by atoms with Crippen LogP contribution in [0.25, 0.3) is 0 Å². The number of halogens is 2. The first kappa shape index (κ1) is 16.0. The fourth-order valence-corrected chi connectivity index (χ4v) is 4.18. The van der Waals surface area contributed by atoms with Crippen molar-refractivity contribution in [2.24, 2.45) is 0 Å². The average molecular weight is 354 g/mol. The molecule has 22 heavy (non-hydrogen) atoms. The fourth-order valence-electron chi connectivity index (χ4n) is 3.04. The van der Waals surface area contributed by atoms with Gasteiger partial charge in [-0.1, -0.05) is 35.3 Å². The molecule has 1 unspecified atom stereocenters. The molecule has 2 nitrogen and oxygen atoms in total. The molecular weight excluding hydrogens is 337 g/mol. The maximum absolute atomic E-state index is 11.8. The van der Waals surface area contributed by atoms with Gasteiger partial charge in [0, 0.05) is 51.0 Å². The lowest BCUT2D eigenvalue weighted by Gasteiger charge is -2.33. The van der Waals surface area contributed by atoms with Crippen molar-refractivity contribution in [3.8, 4) is 0 Å². The third kappa shape index (κ3) is 3.09. The zero-order valence-electron chi connectivity index (χ0n) is 12.5. The number of benzene rings is 2. The summed E-state index contributed by atoms with van der Waals surface area (Å²) in [6.45, 7) is 1.71. The molecule has 1 aliphatic heterocycles. The number of rotatable bonds is 2. The Hall–Kier alpha value is -0.870. The number of likely N-dealkylation sites (N-methyl/N-ethyl adjacent to an activating group) is 1. The molecule has 0 aromatic heterocycles. The van der Waals surface area contributed by atoms with Gasteiger partial charge in [-0.05, 0) is 48.0 Å². The molecule has 0 N–H and O–H groups in total. The Kier molecular flexibility index (Phi) is 4.60. The van der Waals surface area contributed by atoms with Crippen molar-refractivity contribution in [1.29, 1.82) is 0 Å². The molecule has 3 rings (SSSR count). The summed E-state index contributed by atoms with van der Waals surface area (Å²) in [7, 11) is 1.10. The molecule has 116 valence electrons. The molecule has 2 aromatic rings. The highest BCUT2D eigenvalue weighted by atomic mass is 35.5. The van der Waals surface area contributed by atoms with Gasteiger partial charge < -0.3 is 4.90 Å². The Bertz CT molecular complexity index is 747. The lowest BCUT2D eigenvalue weighted by molar-refractivity contribution is 0.295. The number of nitrogens with zero attached hydrogens (tertiary/aromatic N) is 1. The molecule has 0 spiro atoms. The molecule has 0 radical (unpaired) electrons. The molecule has 1 heterocycles. The van der Waals surface area contributed by atoms with Crippen LogP contribution in [-0.2, 0) is 17.3 Å². The van der Waals surface area contributed by atoms with Gasteiger partial charge in [0.05, 0.1) is 0 Å². The van der Waals surface area contributed by atoms with Crippen molar-refractivity contribution in [3.63, 3.8) is 0 Å². The molecule has 0 saturated carbocycles. The summed E-state index contributed by atoms with van der Waals surface area (Å²) in [5.74, 6) is 0.188. The quantitative estimate of drug-likeness (QED) is 0.801. The minimum absolute atomic E-state index is 0.188. The SMILES string of the molecule is CN1Cc2c(Cl)cc(Cl)cc2[C@H](c2cccc(S(C)=O)c2)C1. The van der Waals surface area contributed by atoms with Crippen molar-refractivity contribution >= 4 is 34.0 Å². The second-order valence-electron chi connectivity index (χ2n) is 5.73. The first-order chi connectivity index (χ1) is 10.5. The standard InChI is InChI=1S/C17H17Cl2NOS/c1-20-9-15(11-4-3-5-13(6-11)22(2)21)14-7-12(18)8-17(19)16(14)10-20/h3-8,15H,9-10H2,1-2H3/t15-,22?/m0/s1. The monoisotopic (exact) mass is 353 g/mol. The maximum Gasteiger partial charge on any atom is 0.0498 e. The second kappa shape index (κ2) is 6.32. The van der Waals surface area contributed by atoms with Crippen molar-refractivity contribution in [2.45, 2.75) is 17.4 Å². The zero-order chi connectivity index (χ0) is 15.9. The number of fused-ring (bicyclic) bond motifs is 1. The Labute approximate surface area is 143 Å². The van der Waals surface area contributed by atoms with Crippen molar-refractivity contribution < 1.29 is 4.21 Å². The van der Waals surface area contributed by atoms with Crippen molar-refractivity contribution in [1.82, 2.24) is 4.90 Å². The molecule has 1 aliphatic rings. The van der Waals surface area contributed by atoms with Gasteiger partial charge in [-0.3, -0.25) is 4.21 Å². The van der Waals surface area contributed by atoms with Crippen molar-refractivity contribution in [2.75, 3.05) is 19.8 Å². The Morgan fingerprint density at radius 3 is 2.73 bits per heavy atom. The minimum atomic E-state index is -0.985. The minimum Gasteiger partial charge on any atom is -0.301 e. The molecule has 0 aliphatic carbocycles. The van der Waals surface area contributed by atoms with E-state index in [0.717, 1.165) is 29.1 Å². The van der Waals surface area contributed by atoms with E-state index in [4.69, 9.17) is 23.2 Å². The normalized spacial score (nSPS) is 19.7. The Morgan fingerprint density at radius 2 is 2.00 bits per heavy atom. The van der Waals surface area contributed by atoms with E-state index >= 15 is 0 Å². The predicted molar refractivity (Wildman–Crippen MR) is 93.4 cm³/mol. The van der Waals surface area contributed by atoms with Crippen LogP contribution in [0, 0.1) is 0 Å². The lowest BCUT2D eigenvalue weighted by Crippen LogP contribution is -2.31. The predicted octanol–water partition coefficient (Wildman–Crippen LogP) is 4.31. The van der Waals surface area contributed by atoms with E-state index in [0.29, 0.717) is 10.0 Å². The third-order valence-electron chi connectivity index (χ3n) is 4.08. The molecule has 0 saturated heterocycles. The highest BCUT2D eigenvalue weighted by Crippen LogP contribution is 2.38. The van der Waals surface area contributed by atoms with E-state index in [1.807, 2.05) is 24.3 Å². The molecule has 0 fully saturated rings. The second-order valence-corrected chi connectivity index (χ2v) is 7.95. The first-order valence-electron chi connectivity index (χ1n) is 7.05.